The first-order valence-corrected chi connectivity index (χ1v) is 16.0. The van der Waals surface area contributed by atoms with Gasteiger partial charge in [-0.15, -0.1) is 11.3 Å². The summed E-state index contributed by atoms with van der Waals surface area (Å²) in [6.07, 6.45) is 3.71. The predicted octanol–water partition coefficient (Wildman–Crippen LogP) is 6.52. The van der Waals surface area contributed by atoms with Crippen molar-refractivity contribution in [2.45, 2.75) is 72.4 Å². The molecule has 0 saturated carbocycles. The van der Waals surface area contributed by atoms with Crippen molar-refractivity contribution in [3.63, 3.8) is 0 Å². The van der Waals surface area contributed by atoms with E-state index in [2.05, 4.69) is 62.1 Å². The third-order valence-corrected chi connectivity index (χ3v) is 8.59. The van der Waals surface area contributed by atoms with Gasteiger partial charge in [-0.05, 0) is 53.1 Å². The van der Waals surface area contributed by atoms with Gasteiger partial charge in [0.1, 0.15) is 17.8 Å². The molecule has 4 rings (SSSR count). The van der Waals surface area contributed by atoms with Crippen LogP contribution in [0, 0.1) is 5.41 Å². The highest BCUT2D eigenvalue weighted by molar-refractivity contribution is 7.14. The molecular formula is C36H42N4O5S. The largest absolute Gasteiger partial charge is 0.493 e. The number of aliphatic carboxylic acids is 1. The maximum atomic E-state index is 13.1. The Morgan fingerprint density at radius 3 is 1.98 bits per heavy atom. The zero-order valence-corrected chi connectivity index (χ0v) is 28.2. The number of aromatic nitrogens is 2. The van der Waals surface area contributed by atoms with Gasteiger partial charge in [0.05, 0.1) is 11.5 Å². The van der Waals surface area contributed by atoms with E-state index in [1.165, 1.54) is 18.3 Å². The molecule has 0 aliphatic heterocycles. The number of benzene rings is 2. The normalized spacial score (nSPS) is 13.0. The molecule has 46 heavy (non-hydrogen) atoms. The van der Waals surface area contributed by atoms with E-state index in [1.54, 1.807) is 18.5 Å². The fourth-order valence-electron chi connectivity index (χ4n) is 4.37. The Bertz CT molecular complexity index is 1650. The zero-order valence-electron chi connectivity index (χ0n) is 27.4. The molecule has 2 aromatic heterocycles. The van der Waals surface area contributed by atoms with Gasteiger partial charge in [0.15, 0.2) is 5.82 Å². The third-order valence-electron chi connectivity index (χ3n) is 7.08. The Morgan fingerprint density at radius 2 is 1.43 bits per heavy atom. The molecule has 0 aliphatic rings. The van der Waals surface area contributed by atoms with E-state index < -0.39 is 24.0 Å². The van der Waals surface area contributed by atoms with E-state index in [9.17, 15) is 19.5 Å². The van der Waals surface area contributed by atoms with Crippen molar-refractivity contribution in [2.24, 2.45) is 5.41 Å². The highest BCUT2D eigenvalue weighted by atomic mass is 32.1. The van der Waals surface area contributed by atoms with Crippen LogP contribution in [0.5, 0.6) is 5.75 Å². The van der Waals surface area contributed by atoms with Gasteiger partial charge in [-0.3, -0.25) is 14.4 Å². The number of carbonyl (C=O) groups is 3. The van der Waals surface area contributed by atoms with Crippen LogP contribution < -0.4 is 15.4 Å². The summed E-state index contributed by atoms with van der Waals surface area (Å²) in [4.78, 5) is 48.3. The summed E-state index contributed by atoms with van der Waals surface area (Å²) >= 11 is 1.37. The summed E-state index contributed by atoms with van der Waals surface area (Å²) in [6, 6.07) is 16.8. The lowest BCUT2D eigenvalue weighted by molar-refractivity contribution is -0.141. The second kappa shape index (κ2) is 14.2. The number of hydrogen-bond donors (Lipinski definition) is 3. The number of nitrogens with one attached hydrogen (secondary N) is 2. The number of carbonyl (C=O) groups excluding carboxylic acids is 2. The lowest BCUT2D eigenvalue weighted by Crippen LogP contribution is -2.51. The number of thiophene rings is 1. The molecular weight excluding hydrogens is 600 g/mol. The quantitative estimate of drug-likeness (QED) is 0.170. The summed E-state index contributed by atoms with van der Waals surface area (Å²) in [5, 5.41) is 14.6. The Labute approximate surface area is 274 Å². The first-order valence-electron chi connectivity index (χ1n) is 15.2. The lowest BCUT2D eigenvalue weighted by atomic mass is 9.95. The standard InChI is InChI=1S/C36H42N4O5S/c1-22(34(43)44)39-32(41)28(40-33(42)29-16-17-30(46-29)36(5,6)7)18-23-8-10-25(11-9-23)31-37-19-26(20-38-31)24-12-14-27(15-13-24)45-21-35(2,3)4/h8-17,19-20,22,28H,18,21H2,1-7H3,(H,39,41)(H,40,42)(H,43,44)/t22-,28+/m1/s1. The van der Waals surface area contributed by atoms with Crippen molar-refractivity contribution in [2.75, 3.05) is 6.61 Å². The fourth-order valence-corrected chi connectivity index (χ4v) is 5.34. The lowest BCUT2D eigenvalue weighted by Gasteiger charge is -2.20. The molecule has 0 radical (unpaired) electrons. The molecule has 0 fully saturated rings. The average Bonchev–Trinajstić information content (AvgIpc) is 3.52. The van der Waals surface area contributed by atoms with E-state index in [-0.39, 0.29) is 23.2 Å². The first kappa shape index (κ1) is 34.3. The van der Waals surface area contributed by atoms with Gasteiger partial charge in [-0.2, -0.15) is 0 Å². The molecule has 242 valence electrons. The Morgan fingerprint density at radius 1 is 0.826 bits per heavy atom. The molecule has 10 heteroatoms. The van der Waals surface area contributed by atoms with Crippen molar-refractivity contribution in [1.82, 2.24) is 20.6 Å². The number of rotatable bonds is 11. The van der Waals surface area contributed by atoms with Gasteiger partial charge in [0, 0.05) is 34.8 Å². The number of ether oxygens (including phenoxy) is 1. The highest BCUT2D eigenvalue weighted by Crippen LogP contribution is 2.30. The highest BCUT2D eigenvalue weighted by Gasteiger charge is 2.26. The summed E-state index contributed by atoms with van der Waals surface area (Å²) in [7, 11) is 0. The maximum Gasteiger partial charge on any atom is 0.325 e. The molecule has 4 aromatic rings. The van der Waals surface area contributed by atoms with Crippen LogP contribution in [-0.4, -0.2) is 51.5 Å². The molecule has 0 bridgehead atoms. The maximum absolute atomic E-state index is 13.1. The van der Waals surface area contributed by atoms with E-state index in [4.69, 9.17) is 4.74 Å². The molecule has 2 amide bonds. The van der Waals surface area contributed by atoms with E-state index in [1.807, 2.05) is 54.6 Å². The van der Waals surface area contributed by atoms with Crippen LogP contribution >= 0.6 is 11.3 Å². The van der Waals surface area contributed by atoms with Crippen LogP contribution in [0.25, 0.3) is 22.5 Å². The summed E-state index contributed by atoms with van der Waals surface area (Å²) in [5.74, 6) is -0.767. The van der Waals surface area contributed by atoms with Gasteiger partial charge >= 0.3 is 5.97 Å². The Kier molecular flexibility index (Phi) is 10.6. The molecule has 2 heterocycles. The molecule has 0 aliphatic carbocycles. The first-order chi connectivity index (χ1) is 21.6. The average molecular weight is 643 g/mol. The minimum absolute atomic E-state index is 0.0778. The van der Waals surface area contributed by atoms with Crippen molar-refractivity contribution in [1.29, 1.82) is 0 Å². The minimum atomic E-state index is -1.16. The number of amides is 2. The van der Waals surface area contributed by atoms with E-state index in [0.717, 1.165) is 32.9 Å². The minimum Gasteiger partial charge on any atom is -0.493 e. The zero-order chi connectivity index (χ0) is 33.6. The second-order valence-electron chi connectivity index (χ2n) is 13.6. The molecule has 2 aromatic carbocycles. The molecule has 0 spiro atoms. The van der Waals surface area contributed by atoms with E-state index in [0.29, 0.717) is 17.3 Å². The Balaban J connectivity index is 1.45. The van der Waals surface area contributed by atoms with Crippen molar-refractivity contribution >= 4 is 29.1 Å². The summed E-state index contributed by atoms with van der Waals surface area (Å²) in [6.45, 7) is 14.6. The van der Waals surface area contributed by atoms with Crippen molar-refractivity contribution in [3.8, 4) is 28.3 Å². The van der Waals surface area contributed by atoms with Crippen LogP contribution in [0.4, 0.5) is 0 Å². The summed E-state index contributed by atoms with van der Waals surface area (Å²) < 4.78 is 5.86. The second-order valence-corrected chi connectivity index (χ2v) is 14.7. The van der Waals surface area contributed by atoms with Gasteiger partial charge in [-0.1, -0.05) is 77.9 Å². The molecule has 2 atom stereocenters. The van der Waals surface area contributed by atoms with Crippen LogP contribution in [0.15, 0.2) is 73.1 Å². The molecule has 9 nitrogen and oxygen atoms in total. The fraction of sp³-hybridized carbons (Fsp3) is 0.361. The molecule has 0 saturated heterocycles. The van der Waals surface area contributed by atoms with Gasteiger partial charge in [0.2, 0.25) is 5.91 Å². The summed E-state index contributed by atoms with van der Waals surface area (Å²) in [5.41, 5.74) is 3.39. The van der Waals surface area contributed by atoms with E-state index >= 15 is 0 Å². The SMILES string of the molecule is C[C@@H](NC(=O)[C@H](Cc1ccc(-c2ncc(-c3ccc(OCC(C)(C)C)cc3)cn2)cc1)NC(=O)c1ccc(C(C)(C)C)s1)C(=O)O. The van der Waals surface area contributed by atoms with Crippen molar-refractivity contribution in [3.05, 3.63) is 88.4 Å². The number of hydrogen-bond acceptors (Lipinski definition) is 7. The predicted molar refractivity (Wildman–Crippen MR) is 181 cm³/mol. The van der Waals surface area contributed by atoms with Crippen LogP contribution in [0.3, 0.4) is 0 Å². The number of carboxylic acids is 1. The molecule has 0 unspecified atom stereocenters. The van der Waals surface area contributed by atoms with Crippen LogP contribution in [-0.2, 0) is 21.4 Å². The monoisotopic (exact) mass is 642 g/mol. The Hall–Kier alpha value is -4.57. The smallest absolute Gasteiger partial charge is 0.325 e. The van der Waals surface area contributed by atoms with Gasteiger partial charge in [0.25, 0.3) is 5.91 Å². The number of nitrogens with zero attached hydrogens (tertiary/aromatic N) is 2. The van der Waals surface area contributed by atoms with Gasteiger partial charge in [-0.25, -0.2) is 9.97 Å². The van der Waals surface area contributed by atoms with Gasteiger partial charge < -0.3 is 20.5 Å². The molecule has 3 N–H and O–H groups in total. The number of carboxylic acid groups (broad SMARTS) is 1. The van der Waals surface area contributed by atoms with Crippen molar-refractivity contribution < 1.29 is 24.2 Å². The van der Waals surface area contributed by atoms with Crippen LogP contribution in [0.1, 0.15) is 68.6 Å². The topological polar surface area (TPSA) is 131 Å². The van der Waals surface area contributed by atoms with Crippen LogP contribution in [0.2, 0.25) is 0 Å². The third kappa shape index (κ3) is 9.47.